The molecule has 21 heavy (non-hydrogen) atoms. The van der Waals surface area contributed by atoms with Crippen molar-refractivity contribution < 1.29 is 9.47 Å². The molecule has 1 aromatic rings. The van der Waals surface area contributed by atoms with Crippen LogP contribution in [0.15, 0.2) is 12.1 Å². The molecule has 0 saturated carbocycles. The van der Waals surface area contributed by atoms with E-state index >= 15 is 0 Å². The lowest BCUT2D eigenvalue weighted by Crippen LogP contribution is -2.40. The molecule has 1 aliphatic heterocycles. The Labute approximate surface area is 127 Å². The third kappa shape index (κ3) is 4.66. The molecule has 0 aliphatic carbocycles. The molecule has 5 nitrogen and oxygen atoms in total. The van der Waals surface area contributed by atoms with E-state index in [2.05, 4.69) is 41.0 Å². The molecule has 0 N–H and O–H groups in total. The third-order valence-electron chi connectivity index (χ3n) is 3.71. The number of aromatic nitrogens is 1. The fourth-order valence-corrected chi connectivity index (χ4v) is 2.52. The first-order chi connectivity index (χ1) is 10.1. The van der Waals surface area contributed by atoms with Crippen LogP contribution in [0.3, 0.4) is 0 Å². The van der Waals surface area contributed by atoms with Gasteiger partial charge in [-0.3, -0.25) is 9.88 Å². The molecule has 0 bridgehead atoms. The Hall–Kier alpha value is -1.17. The number of ether oxygens (including phenoxy) is 2. The highest BCUT2D eigenvalue weighted by atomic mass is 16.5. The lowest BCUT2D eigenvalue weighted by molar-refractivity contribution is -0.0392. The van der Waals surface area contributed by atoms with Crippen LogP contribution in [0.5, 0.6) is 0 Å². The van der Waals surface area contributed by atoms with Crippen molar-refractivity contribution in [1.82, 2.24) is 9.88 Å². The van der Waals surface area contributed by atoms with Crippen molar-refractivity contribution in [1.29, 1.82) is 0 Å². The standard InChI is InChI=1S/C16H27N3O2/c1-5-20-8-6-19-7-9-21-16(12-19)15-11-14(18(3)4)10-13(2)17-15/h10-11,16H,5-9,12H2,1-4H3. The largest absolute Gasteiger partial charge is 0.380 e. The predicted molar refractivity (Wildman–Crippen MR) is 84.9 cm³/mol. The van der Waals surface area contributed by atoms with Crippen LogP contribution in [-0.2, 0) is 9.47 Å². The summed E-state index contributed by atoms with van der Waals surface area (Å²) in [6.07, 6.45) is 0.0546. The Balaban J connectivity index is 2.03. The molecule has 5 heteroatoms. The molecular weight excluding hydrogens is 266 g/mol. The van der Waals surface area contributed by atoms with Crippen LogP contribution in [0.2, 0.25) is 0 Å². The van der Waals surface area contributed by atoms with Gasteiger partial charge in [0.25, 0.3) is 0 Å². The van der Waals surface area contributed by atoms with Crippen LogP contribution >= 0.6 is 0 Å². The van der Waals surface area contributed by atoms with Gasteiger partial charge in [0.15, 0.2) is 0 Å². The first-order valence-electron chi connectivity index (χ1n) is 7.67. The van der Waals surface area contributed by atoms with E-state index in [1.165, 1.54) is 5.69 Å². The normalized spacial score (nSPS) is 19.7. The number of aryl methyl sites for hydroxylation is 1. The molecule has 0 spiro atoms. The van der Waals surface area contributed by atoms with Crippen molar-refractivity contribution in [3.05, 3.63) is 23.5 Å². The first-order valence-corrected chi connectivity index (χ1v) is 7.67. The van der Waals surface area contributed by atoms with E-state index in [4.69, 9.17) is 9.47 Å². The number of pyridine rings is 1. The Morgan fingerprint density at radius 3 is 2.95 bits per heavy atom. The van der Waals surface area contributed by atoms with Gasteiger partial charge in [0, 0.05) is 51.7 Å². The zero-order chi connectivity index (χ0) is 15.2. The fourth-order valence-electron chi connectivity index (χ4n) is 2.52. The Morgan fingerprint density at radius 2 is 2.24 bits per heavy atom. The van der Waals surface area contributed by atoms with Gasteiger partial charge in [-0.2, -0.15) is 0 Å². The Morgan fingerprint density at radius 1 is 1.43 bits per heavy atom. The minimum atomic E-state index is 0.0546. The second-order valence-electron chi connectivity index (χ2n) is 5.64. The number of hydrogen-bond donors (Lipinski definition) is 0. The summed E-state index contributed by atoms with van der Waals surface area (Å²) >= 11 is 0. The maximum absolute atomic E-state index is 5.93. The molecule has 1 fully saturated rings. The molecule has 118 valence electrons. The number of nitrogens with zero attached hydrogens (tertiary/aromatic N) is 3. The van der Waals surface area contributed by atoms with Crippen LogP contribution < -0.4 is 4.90 Å². The van der Waals surface area contributed by atoms with Gasteiger partial charge in [-0.1, -0.05) is 0 Å². The molecular formula is C16H27N3O2. The van der Waals surface area contributed by atoms with Gasteiger partial charge in [-0.05, 0) is 26.0 Å². The van der Waals surface area contributed by atoms with E-state index in [1.54, 1.807) is 0 Å². The highest BCUT2D eigenvalue weighted by Crippen LogP contribution is 2.24. The van der Waals surface area contributed by atoms with Gasteiger partial charge < -0.3 is 14.4 Å². The molecule has 1 unspecified atom stereocenters. The SMILES string of the molecule is CCOCCN1CCOC(c2cc(N(C)C)cc(C)n2)C1. The monoisotopic (exact) mass is 293 g/mol. The molecule has 0 aromatic carbocycles. The van der Waals surface area contributed by atoms with Crippen molar-refractivity contribution in [3.8, 4) is 0 Å². The zero-order valence-electron chi connectivity index (χ0n) is 13.6. The lowest BCUT2D eigenvalue weighted by atomic mass is 10.1. The maximum Gasteiger partial charge on any atom is 0.112 e. The van der Waals surface area contributed by atoms with Gasteiger partial charge >= 0.3 is 0 Å². The van der Waals surface area contributed by atoms with Crippen molar-refractivity contribution >= 4 is 5.69 Å². The smallest absolute Gasteiger partial charge is 0.112 e. The number of anilines is 1. The van der Waals surface area contributed by atoms with Crippen LogP contribution in [-0.4, -0.2) is 63.4 Å². The van der Waals surface area contributed by atoms with E-state index in [-0.39, 0.29) is 6.10 Å². The van der Waals surface area contributed by atoms with Crippen molar-refractivity contribution in [2.24, 2.45) is 0 Å². The predicted octanol–water partition coefficient (Wildman–Crippen LogP) is 1.87. The summed E-state index contributed by atoms with van der Waals surface area (Å²) in [5, 5.41) is 0. The van der Waals surface area contributed by atoms with Gasteiger partial charge in [0.05, 0.1) is 18.9 Å². The molecule has 1 aliphatic rings. The summed E-state index contributed by atoms with van der Waals surface area (Å²) in [5.41, 5.74) is 3.23. The Bertz CT molecular complexity index is 451. The van der Waals surface area contributed by atoms with E-state index in [0.717, 1.165) is 50.8 Å². The highest BCUT2D eigenvalue weighted by Gasteiger charge is 2.23. The average Bonchev–Trinajstić information content (AvgIpc) is 2.47. The van der Waals surface area contributed by atoms with Gasteiger partial charge in [0.1, 0.15) is 6.10 Å². The molecule has 1 atom stereocenters. The third-order valence-corrected chi connectivity index (χ3v) is 3.71. The summed E-state index contributed by atoms with van der Waals surface area (Å²) in [6.45, 7) is 9.19. The Kier molecular flexibility index (Phi) is 5.96. The fraction of sp³-hybridized carbons (Fsp3) is 0.688. The van der Waals surface area contributed by atoms with E-state index in [9.17, 15) is 0 Å². The number of hydrogen-bond acceptors (Lipinski definition) is 5. The lowest BCUT2D eigenvalue weighted by Gasteiger charge is -2.33. The molecule has 1 saturated heterocycles. The topological polar surface area (TPSA) is 37.8 Å². The second-order valence-corrected chi connectivity index (χ2v) is 5.64. The van der Waals surface area contributed by atoms with Crippen molar-refractivity contribution in [2.45, 2.75) is 20.0 Å². The minimum Gasteiger partial charge on any atom is -0.380 e. The molecule has 2 heterocycles. The first kappa shape index (κ1) is 16.2. The second kappa shape index (κ2) is 7.73. The summed E-state index contributed by atoms with van der Waals surface area (Å²) in [6, 6.07) is 4.23. The summed E-state index contributed by atoms with van der Waals surface area (Å²) in [4.78, 5) is 9.16. The van der Waals surface area contributed by atoms with Crippen LogP contribution in [0.4, 0.5) is 5.69 Å². The molecule has 0 radical (unpaired) electrons. The maximum atomic E-state index is 5.93. The molecule has 2 rings (SSSR count). The quantitative estimate of drug-likeness (QED) is 0.749. The van der Waals surface area contributed by atoms with Gasteiger partial charge in [-0.15, -0.1) is 0 Å². The summed E-state index contributed by atoms with van der Waals surface area (Å²) in [7, 11) is 4.10. The summed E-state index contributed by atoms with van der Waals surface area (Å²) < 4.78 is 11.4. The number of rotatable bonds is 6. The van der Waals surface area contributed by atoms with Crippen LogP contribution in [0.1, 0.15) is 24.4 Å². The van der Waals surface area contributed by atoms with Crippen LogP contribution in [0.25, 0.3) is 0 Å². The van der Waals surface area contributed by atoms with Crippen LogP contribution in [0, 0.1) is 6.92 Å². The minimum absolute atomic E-state index is 0.0546. The van der Waals surface area contributed by atoms with Crippen molar-refractivity contribution in [2.75, 3.05) is 58.5 Å². The average molecular weight is 293 g/mol. The zero-order valence-corrected chi connectivity index (χ0v) is 13.6. The van der Waals surface area contributed by atoms with E-state index in [0.29, 0.717) is 0 Å². The molecule has 1 aromatic heterocycles. The van der Waals surface area contributed by atoms with Crippen molar-refractivity contribution in [3.63, 3.8) is 0 Å². The van der Waals surface area contributed by atoms with E-state index < -0.39 is 0 Å². The molecule has 0 amide bonds. The van der Waals surface area contributed by atoms with Gasteiger partial charge in [-0.25, -0.2) is 0 Å². The van der Waals surface area contributed by atoms with E-state index in [1.807, 2.05) is 13.8 Å². The van der Waals surface area contributed by atoms with Gasteiger partial charge in [0.2, 0.25) is 0 Å². The highest BCUT2D eigenvalue weighted by molar-refractivity contribution is 5.47. The summed E-state index contributed by atoms with van der Waals surface area (Å²) in [5.74, 6) is 0. The number of morpholine rings is 1.